The predicted octanol–water partition coefficient (Wildman–Crippen LogP) is 3.96. The normalized spacial score (nSPS) is 29.5. The van der Waals surface area contributed by atoms with E-state index in [2.05, 4.69) is 26.0 Å². The summed E-state index contributed by atoms with van der Waals surface area (Å²) in [4.78, 5) is 11.3. The van der Waals surface area contributed by atoms with Gasteiger partial charge in [-0.25, -0.2) is 0 Å². The zero-order chi connectivity index (χ0) is 12.7. The first-order valence-electron chi connectivity index (χ1n) is 6.89. The lowest BCUT2D eigenvalue weighted by molar-refractivity contribution is -0.142. The van der Waals surface area contributed by atoms with Gasteiger partial charge in [-0.05, 0) is 43.4 Å². The van der Waals surface area contributed by atoms with Crippen LogP contribution in [0.1, 0.15) is 52.4 Å². The molecule has 1 rings (SSSR count). The Balaban J connectivity index is 2.41. The number of esters is 1. The van der Waals surface area contributed by atoms with E-state index < -0.39 is 0 Å². The molecule has 2 heteroatoms. The van der Waals surface area contributed by atoms with Crippen LogP contribution in [-0.4, -0.2) is 13.1 Å². The van der Waals surface area contributed by atoms with Gasteiger partial charge in [-0.1, -0.05) is 32.4 Å². The Morgan fingerprint density at radius 1 is 1.35 bits per heavy atom. The van der Waals surface area contributed by atoms with Gasteiger partial charge in [0.25, 0.3) is 0 Å². The molecule has 0 bridgehead atoms. The highest BCUT2D eigenvalue weighted by Gasteiger charge is 2.28. The van der Waals surface area contributed by atoms with Gasteiger partial charge in [-0.3, -0.25) is 4.79 Å². The second kappa shape index (κ2) is 7.52. The summed E-state index contributed by atoms with van der Waals surface area (Å²) in [5.41, 5.74) is 0. The van der Waals surface area contributed by atoms with E-state index in [0.717, 1.165) is 18.3 Å². The van der Waals surface area contributed by atoms with Crippen LogP contribution in [0, 0.1) is 17.8 Å². The molecule has 0 spiro atoms. The van der Waals surface area contributed by atoms with Crippen molar-refractivity contribution in [2.75, 3.05) is 7.11 Å². The Labute approximate surface area is 105 Å². The molecule has 0 N–H and O–H groups in total. The quantitative estimate of drug-likeness (QED) is 0.535. The van der Waals surface area contributed by atoms with E-state index in [-0.39, 0.29) is 5.97 Å². The molecule has 98 valence electrons. The summed E-state index contributed by atoms with van der Waals surface area (Å²) in [5.74, 6) is 2.04. The van der Waals surface area contributed by atoms with Crippen molar-refractivity contribution in [2.24, 2.45) is 17.8 Å². The van der Waals surface area contributed by atoms with Gasteiger partial charge in [0.15, 0.2) is 0 Å². The van der Waals surface area contributed by atoms with Crippen molar-refractivity contribution in [1.29, 1.82) is 0 Å². The molecule has 3 atom stereocenters. The number of carbonyl (C=O) groups excluding carboxylic acids is 1. The van der Waals surface area contributed by atoms with E-state index in [1.807, 2.05) is 0 Å². The molecular weight excluding hydrogens is 212 g/mol. The predicted molar refractivity (Wildman–Crippen MR) is 70.7 cm³/mol. The van der Waals surface area contributed by atoms with Crippen LogP contribution < -0.4 is 0 Å². The second-order valence-corrected chi connectivity index (χ2v) is 5.31. The summed E-state index contributed by atoms with van der Waals surface area (Å²) < 4.78 is 4.76. The summed E-state index contributed by atoms with van der Waals surface area (Å²) in [7, 11) is 1.48. The largest absolute Gasteiger partial charge is 0.469 e. The molecule has 0 aromatic rings. The number of allylic oxidation sites excluding steroid dienone is 2. The zero-order valence-corrected chi connectivity index (χ0v) is 11.4. The van der Waals surface area contributed by atoms with E-state index in [1.54, 1.807) is 0 Å². The summed E-state index contributed by atoms with van der Waals surface area (Å²) in [6, 6.07) is 0. The first-order chi connectivity index (χ1) is 8.17. The fraction of sp³-hybridized carbons (Fsp3) is 0.800. The second-order valence-electron chi connectivity index (χ2n) is 5.31. The van der Waals surface area contributed by atoms with Crippen molar-refractivity contribution < 1.29 is 9.53 Å². The molecule has 0 aromatic carbocycles. The molecule has 1 aliphatic rings. The monoisotopic (exact) mass is 238 g/mol. The van der Waals surface area contributed by atoms with Gasteiger partial charge in [0.1, 0.15) is 0 Å². The minimum atomic E-state index is -0.0487. The van der Waals surface area contributed by atoms with Gasteiger partial charge in [-0.2, -0.15) is 0 Å². The van der Waals surface area contributed by atoms with Gasteiger partial charge in [0, 0.05) is 6.42 Å². The Bertz CT molecular complexity index is 258. The van der Waals surface area contributed by atoms with E-state index >= 15 is 0 Å². The molecule has 17 heavy (non-hydrogen) atoms. The maximum atomic E-state index is 11.3. The van der Waals surface area contributed by atoms with Crippen LogP contribution in [0.4, 0.5) is 0 Å². The number of carbonyl (C=O) groups is 1. The fourth-order valence-corrected chi connectivity index (χ4v) is 2.78. The molecule has 1 saturated carbocycles. The Morgan fingerprint density at radius 3 is 2.76 bits per heavy atom. The molecular formula is C15H26O2. The molecule has 1 fully saturated rings. The number of hydrogen-bond donors (Lipinski definition) is 0. The third-order valence-electron chi connectivity index (χ3n) is 4.00. The third kappa shape index (κ3) is 4.93. The maximum Gasteiger partial charge on any atom is 0.305 e. The first kappa shape index (κ1) is 14.3. The molecule has 0 amide bonds. The van der Waals surface area contributed by atoms with Crippen molar-refractivity contribution in [3.8, 4) is 0 Å². The summed E-state index contributed by atoms with van der Waals surface area (Å²) in [6.45, 7) is 4.51. The zero-order valence-electron chi connectivity index (χ0n) is 11.4. The smallest absolute Gasteiger partial charge is 0.305 e. The van der Waals surface area contributed by atoms with E-state index in [0.29, 0.717) is 12.3 Å². The third-order valence-corrected chi connectivity index (χ3v) is 4.00. The standard InChI is InChI=1S/C15H26O2/c1-4-5-6-7-14-10-13(9-8-12(14)2)11-15(16)17-3/h5-6,12-14H,4,7-11H2,1-3H3/b6-5+. The average Bonchev–Trinajstić information content (AvgIpc) is 2.33. The SMILES string of the molecule is CC/C=C/CC1CC(CC(=O)OC)CCC1C. The Kier molecular flexibility index (Phi) is 6.31. The van der Waals surface area contributed by atoms with Crippen molar-refractivity contribution in [3.05, 3.63) is 12.2 Å². The van der Waals surface area contributed by atoms with Crippen LogP contribution in [0.15, 0.2) is 12.2 Å². The molecule has 0 radical (unpaired) electrons. The van der Waals surface area contributed by atoms with Crippen LogP contribution in [0.2, 0.25) is 0 Å². The van der Waals surface area contributed by atoms with Crippen molar-refractivity contribution in [1.82, 2.24) is 0 Å². The Morgan fingerprint density at radius 2 is 2.12 bits per heavy atom. The topological polar surface area (TPSA) is 26.3 Å². The van der Waals surface area contributed by atoms with Gasteiger partial charge in [-0.15, -0.1) is 0 Å². The minimum Gasteiger partial charge on any atom is -0.469 e. The lowest BCUT2D eigenvalue weighted by Gasteiger charge is -2.33. The molecule has 0 aromatic heterocycles. The molecule has 0 saturated heterocycles. The van der Waals surface area contributed by atoms with Crippen molar-refractivity contribution in [3.63, 3.8) is 0 Å². The highest BCUT2D eigenvalue weighted by atomic mass is 16.5. The number of rotatable bonds is 5. The highest BCUT2D eigenvalue weighted by molar-refractivity contribution is 5.69. The maximum absolute atomic E-state index is 11.3. The van der Waals surface area contributed by atoms with Crippen LogP contribution >= 0.6 is 0 Å². The van der Waals surface area contributed by atoms with Crippen molar-refractivity contribution in [2.45, 2.75) is 52.4 Å². The van der Waals surface area contributed by atoms with Crippen LogP contribution in [0.3, 0.4) is 0 Å². The van der Waals surface area contributed by atoms with Crippen LogP contribution in [-0.2, 0) is 9.53 Å². The lowest BCUT2D eigenvalue weighted by atomic mass is 9.72. The summed E-state index contributed by atoms with van der Waals surface area (Å²) in [5, 5.41) is 0. The van der Waals surface area contributed by atoms with E-state index in [1.165, 1.54) is 32.8 Å². The summed E-state index contributed by atoms with van der Waals surface area (Å²) >= 11 is 0. The van der Waals surface area contributed by atoms with E-state index in [9.17, 15) is 4.79 Å². The van der Waals surface area contributed by atoms with E-state index in [4.69, 9.17) is 4.74 Å². The molecule has 0 aliphatic heterocycles. The van der Waals surface area contributed by atoms with Gasteiger partial charge in [0.2, 0.25) is 0 Å². The average molecular weight is 238 g/mol. The lowest BCUT2D eigenvalue weighted by Crippen LogP contribution is -2.24. The van der Waals surface area contributed by atoms with Gasteiger partial charge >= 0.3 is 5.97 Å². The highest BCUT2D eigenvalue weighted by Crippen LogP contribution is 2.37. The number of methoxy groups -OCH3 is 1. The molecule has 2 nitrogen and oxygen atoms in total. The van der Waals surface area contributed by atoms with Gasteiger partial charge in [0.05, 0.1) is 7.11 Å². The molecule has 0 heterocycles. The van der Waals surface area contributed by atoms with Crippen LogP contribution in [0.25, 0.3) is 0 Å². The van der Waals surface area contributed by atoms with Gasteiger partial charge < -0.3 is 4.74 Å². The number of ether oxygens (including phenoxy) is 1. The minimum absolute atomic E-state index is 0.0487. The Hall–Kier alpha value is -0.790. The number of hydrogen-bond acceptors (Lipinski definition) is 2. The fourth-order valence-electron chi connectivity index (χ4n) is 2.78. The first-order valence-corrected chi connectivity index (χ1v) is 6.89. The summed E-state index contributed by atoms with van der Waals surface area (Å²) in [6.07, 6.45) is 11.1. The molecule has 3 unspecified atom stereocenters. The van der Waals surface area contributed by atoms with Crippen LogP contribution in [0.5, 0.6) is 0 Å². The molecule has 1 aliphatic carbocycles. The van der Waals surface area contributed by atoms with Crippen molar-refractivity contribution >= 4 is 5.97 Å².